The molecule has 0 saturated carbocycles. The smallest absolute Gasteiger partial charge is 0.289 e. The molecular formula is C22H22N2O4. The number of rotatable bonds is 3. The molecule has 2 heterocycles. The fourth-order valence-electron chi connectivity index (χ4n) is 3.51. The summed E-state index contributed by atoms with van der Waals surface area (Å²) in [5.41, 5.74) is 2.30. The Morgan fingerprint density at radius 2 is 1.82 bits per heavy atom. The van der Waals surface area contributed by atoms with Crippen LogP contribution in [0.25, 0.3) is 11.0 Å². The summed E-state index contributed by atoms with van der Waals surface area (Å²) in [5, 5.41) is 0.499. The van der Waals surface area contributed by atoms with Crippen LogP contribution in [-0.4, -0.2) is 44.1 Å². The molecule has 1 aliphatic rings. The number of methoxy groups -OCH3 is 1. The van der Waals surface area contributed by atoms with Crippen LogP contribution in [0.5, 0.6) is 5.75 Å². The third-order valence-corrected chi connectivity index (χ3v) is 5.08. The third kappa shape index (κ3) is 3.45. The van der Waals surface area contributed by atoms with E-state index in [1.165, 1.54) is 6.07 Å². The van der Waals surface area contributed by atoms with Gasteiger partial charge in [0.15, 0.2) is 11.2 Å². The number of aryl methyl sites for hydroxylation is 1. The Morgan fingerprint density at radius 3 is 2.57 bits per heavy atom. The van der Waals surface area contributed by atoms with E-state index in [1.54, 1.807) is 24.1 Å². The van der Waals surface area contributed by atoms with Crippen LogP contribution in [0.1, 0.15) is 16.1 Å². The van der Waals surface area contributed by atoms with Crippen molar-refractivity contribution in [1.82, 2.24) is 4.90 Å². The maximum absolute atomic E-state index is 12.9. The Hall–Kier alpha value is -3.28. The number of benzene rings is 2. The van der Waals surface area contributed by atoms with Gasteiger partial charge in [-0.05, 0) is 31.2 Å². The quantitative estimate of drug-likeness (QED) is 0.701. The Balaban J connectivity index is 1.50. The van der Waals surface area contributed by atoms with Crippen LogP contribution in [0.3, 0.4) is 0 Å². The molecule has 0 unspecified atom stereocenters. The van der Waals surface area contributed by atoms with E-state index in [9.17, 15) is 9.59 Å². The molecule has 2 aromatic carbocycles. The Bertz CT molecular complexity index is 1080. The highest BCUT2D eigenvalue weighted by atomic mass is 16.5. The molecule has 0 bridgehead atoms. The highest BCUT2D eigenvalue weighted by Crippen LogP contribution is 2.23. The van der Waals surface area contributed by atoms with E-state index in [0.717, 1.165) is 17.0 Å². The van der Waals surface area contributed by atoms with Gasteiger partial charge in [-0.15, -0.1) is 0 Å². The van der Waals surface area contributed by atoms with E-state index in [0.29, 0.717) is 37.1 Å². The number of piperazine rings is 1. The standard InChI is InChI=1S/C22H22N2O4/c1-15-6-7-20-18(12-15)19(25)14-21(28-20)22(26)24-10-8-23(9-11-24)16-4-3-5-17(13-16)27-2/h3-7,12-14H,8-11H2,1-2H3. The molecule has 3 aromatic rings. The van der Waals surface area contributed by atoms with E-state index in [-0.39, 0.29) is 17.1 Å². The summed E-state index contributed by atoms with van der Waals surface area (Å²) in [6.45, 7) is 4.45. The Kier molecular flexibility index (Phi) is 4.77. The van der Waals surface area contributed by atoms with Gasteiger partial charge in [0.1, 0.15) is 11.3 Å². The van der Waals surface area contributed by atoms with Crippen molar-refractivity contribution in [3.8, 4) is 5.75 Å². The highest BCUT2D eigenvalue weighted by Gasteiger charge is 2.24. The van der Waals surface area contributed by atoms with Gasteiger partial charge in [-0.3, -0.25) is 9.59 Å². The van der Waals surface area contributed by atoms with Gasteiger partial charge in [-0.2, -0.15) is 0 Å². The molecule has 1 amide bonds. The average Bonchev–Trinajstić information content (AvgIpc) is 2.73. The molecule has 1 saturated heterocycles. The summed E-state index contributed by atoms with van der Waals surface area (Å²) in [6, 6.07) is 14.6. The molecule has 28 heavy (non-hydrogen) atoms. The van der Waals surface area contributed by atoms with Crippen molar-refractivity contribution in [2.45, 2.75) is 6.92 Å². The maximum Gasteiger partial charge on any atom is 0.289 e. The van der Waals surface area contributed by atoms with Crippen LogP contribution in [0.15, 0.2) is 57.7 Å². The molecule has 1 fully saturated rings. The van der Waals surface area contributed by atoms with Crippen molar-refractivity contribution in [3.05, 3.63) is 70.1 Å². The second-order valence-electron chi connectivity index (χ2n) is 6.96. The first-order valence-corrected chi connectivity index (χ1v) is 9.28. The van der Waals surface area contributed by atoms with Crippen LogP contribution in [0.2, 0.25) is 0 Å². The zero-order valence-corrected chi connectivity index (χ0v) is 16.0. The SMILES string of the molecule is COc1cccc(N2CCN(C(=O)c3cc(=O)c4cc(C)ccc4o3)CC2)c1. The maximum atomic E-state index is 12.9. The van der Waals surface area contributed by atoms with E-state index in [1.807, 2.05) is 37.3 Å². The summed E-state index contributed by atoms with van der Waals surface area (Å²) >= 11 is 0. The number of anilines is 1. The van der Waals surface area contributed by atoms with Gasteiger partial charge in [-0.25, -0.2) is 0 Å². The number of carbonyl (C=O) groups is 1. The number of amides is 1. The molecule has 0 aliphatic carbocycles. The highest BCUT2D eigenvalue weighted by molar-refractivity contribution is 5.93. The first-order chi connectivity index (χ1) is 13.5. The molecule has 0 N–H and O–H groups in total. The van der Waals surface area contributed by atoms with Crippen LogP contribution in [0.4, 0.5) is 5.69 Å². The summed E-state index contributed by atoms with van der Waals surface area (Å²) in [6.07, 6.45) is 0. The molecule has 0 radical (unpaired) electrons. The summed E-state index contributed by atoms with van der Waals surface area (Å²) < 4.78 is 11.0. The number of fused-ring (bicyclic) bond motifs is 1. The van der Waals surface area contributed by atoms with Crippen LogP contribution in [0, 0.1) is 6.92 Å². The minimum Gasteiger partial charge on any atom is -0.497 e. The van der Waals surface area contributed by atoms with Crippen LogP contribution in [-0.2, 0) is 0 Å². The molecular weight excluding hydrogens is 356 g/mol. The Morgan fingerprint density at radius 1 is 1.04 bits per heavy atom. The fourth-order valence-corrected chi connectivity index (χ4v) is 3.51. The van der Waals surface area contributed by atoms with Crippen LogP contribution >= 0.6 is 0 Å². The molecule has 6 nitrogen and oxygen atoms in total. The molecule has 1 aliphatic heterocycles. The van der Waals surface area contributed by atoms with Gasteiger partial charge in [-0.1, -0.05) is 17.7 Å². The first-order valence-electron chi connectivity index (χ1n) is 9.28. The predicted octanol–water partition coefficient (Wildman–Crippen LogP) is 3.07. The van der Waals surface area contributed by atoms with E-state index in [4.69, 9.17) is 9.15 Å². The third-order valence-electron chi connectivity index (χ3n) is 5.08. The second kappa shape index (κ2) is 7.38. The molecule has 1 aromatic heterocycles. The predicted molar refractivity (Wildman–Crippen MR) is 108 cm³/mol. The number of carbonyl (C=O) groups excluding carboxylic acids is 1. The largest absolute Gasteiger partial charge is 0.497 e. The molecule has 4 rings (SSSR count). The normalized spacial score (nSPS) is 14.4. The van der Waals surface area contributed by atoms with Gasteiger partial charge in [0.05, 0.1) is 12.5 Å². The van der Waals surface area contributed by atoms with Crippen molar-refractivity contribution in [3.63, 3.8) is 0 Å². The van der Waals surface area contributed by atoms with Gasteiger partial charge in [0.2, 0.25) is 0 Å². The molecule has 0 spiro atoms. The molecule has 6 heteroatoms. The van der Waals surface area contributed by atoms with E-state index < -0.39 is 0 Å². The summed E-state index contributed by atoms with van der Waals surface area (Å²) in [5.74, 6) is 0.658. The fraction of sp³-hybridized carbons (Fsp3) is 0.273. The van der Waals surface area contributed by atoms with Crippen molar-refractivity contribution in [1.29, 1.82) is 0 Å². The first kappa shape index (κ1) is 18.1. The summed E-state index contributed by atoms with van der Waals surface area (Å²) in [4.78, 5) is 29.2. The minimum absolute atomic E-state index is 0.0937. The zero-order chi connectivity index (χ0) is 19.7. The van der Waals surface area contributed by atoms with Gasteiger partial charge >= 0.3 is 0 Å². The van der Waals surface area contributed by atoms with Crippen molar-refractivity contribution < 1.29 is 13.9 Å². The summed E-state index contributed by atoms with van der Waals surface area (Å²) in [7, 11) is 1.65. The second-order valence-corrected chi connectivity index (χ2v) is 6.96. The van der Waals surface area contributed by atoms with Gasteiger partial charge < -0.3 is 19.0 Å². The number of nitrogens with zero attached hydrogens (tertiary/aromatic N) is 2. The van der Waals surface area contributed by atoms with E-state index in [2.05, 4.69) is 4.90 Å². The Labute approximate surface area is 162 Å². The van der Waals surface area contributed by atoms with Crippen molar-refractivity contribution in [2.75, 3.05) is 38.2 Å². The number of hydrogen-bond donors (Lipinski definition) is 0. The van der Waals surface area contributed by atoms with Gasteiger partial charge in [0, 0.05) is 44.0 Å². The minimum atomic E-state index is -0.245. The molecule has 144 valence electrons. The van der Waals surface area contributed by atoms with Gasteiger partial charge in [0.25, 0.3) is 5.91 Å². The molecule has 0 atom stereocenters. The van der Waals surface area contributed by atoms with Crippen LogP contribution < -0.4 is 15.1 Å². The number of hydrogen-bond acceptors (Lipinski definition) is 5. The topological polar surface area (TPSA) is 63.0 Å². The lowest BCUT2D eigenvalue weighted by atomic mass is 10.1. The zero-order valence-electron chi connectivity index (χ0n) is 16.0. The monoisotopic (exact) mass is 378 g/mol. The number of ether oxygens (including phenoxy) is 1. The lowest BCUT2D eigenvalue weighted by molar-refractivity contribution is 0.0715. The van der Waals surface area contributed by atoms with E-state index >= 15 is 0 Å². The van der Waals surface area contributed by atoms with Crippen molar-refractivity contribution in [2.24, 2.45) is 0 Å². The van der Waals surface area contributed by atoms with Crippen molar-refractivity contribution >= 4 is 22.6 Å². The average molecular weight is 378 g/mol. The lowest BCUT2D eigenvalue weighted by Crippen LogP contribution is -2.48. The lowest BCUT2D eigenvalue weighted by Gasteiger charge is -2.35.